The van der Waals surface area contributed by atoms with E-state index in [9.17, 15) is 4.79 Å². The van der Waals surface area contributed by atoms with Gasteiger partial charge in [0.05, 0.1) is 19.2 Å². The number of carbonyl (C=O) groups excluding carboxylic acids is 1. The van der Waals surface area contributed by atoms with Crippen LogP contribution in [0.3, 0.4) is 0 Å². The Kier molecular flexibility index (Phi) is 4.43. The highest BCUT2D eigenvalue weighted by molar-refractivity contribution is 5.81. The van der Waals surface area contributed by atoms with Crippen molar-refractivity contribution < 1.29 is 9.53 Å². The highest BCUT2D eigenvalue weighted by Gasteiger charge is 2.33. The minimum atomic E-state index is -0.167. The number of likely N-dealkylation sites (N-methyl/N-ethyl adjacent to an activating group) is 1. The largest absolute Gasteiger partial charge is 0.497 e. The van der Waals surface area contributed by atoms with E-state index < -0.39 is 0 Å². The summed E-state index contributed by atoms with van der Waals surface area (Å²) in [5.74, 6) is 1.46. The zero-order valence-electron chi connectivity index (χ0n) is 11.8. The molecule has 0 spiro atoms. The van der Waals surface area contributed by atoms with E-state index in [0.717, 1.165) is 11.3 Å². The lowest BCUT2D eigenvalue weighted by molar-refractivity contribution is -0.123. The van der Waals surface area contributed by atoms with Crippen LogP contribution in [0.4, 0.5) is 0 Å². The third-order valence-corrected chi connectivity index (χ3v) is 3.69. The molecule has 2 atom stereocenters. The van der Waals surface area contributed by atoms with Crippen LogP contribution in [0.5, 0.6) is 5.75 Å². The Hall–Kier alpha value is -1.55. The molecule has 0 heterocycles. The monoisotopic (exact) mass is 262 g/mol. The summed E-state index contributed by atoms with van der Waals surface area (Å²) in [6, 6.07) is 7.91. The van der Waals surface area contributed by atoms with Crippen molar-refractivity contribution in [2.45, 2.75) is 31.8 Å². The summed E-state index contributed by atoms with van der Waals surface area (Å²) in [7, 11) is 3.45. The van der Waals surface area contributed by atoms with Crippen LogP contribution in [0.25, 0.3) is 0 Å². The molecule has 1 aliphatic rings. The van der Waals surface area contributed by atoms with E-state index in [1.807, 2.05) is 31.2 Å². The molecule has 4 nitrogen and oxygen atoms in total. The Morgan fingerprint density at radius 2 is 1.95 bits per heavy atom. The van der Waals surface area contributed by atoms with Crippen molar-refractivity contribution in [1.29, 1.82) is 0 Å². The van der Waals surface area contributed by atoms with Gasteiger partial charge in [0.1, 0.15) is 5.75 Å². The predicted octanol–water partition coefficient (Wildman–Crippen LogP) is 1.87. The van der Waals surface area contributed by atoms with Gasteiger partial charge >= 0.3 is 0 Å². The molecule has 4 heteroatoms. The zero-order valence-corrected chi connectivity index (χ0v) is 11.8. The predicted molar refractivity (Wildman–Crippen MR) is 75.1 cm³/mol. The molecule has 1 saturated carbocycles. The number of hydrogen-bond donors (Lipinski definition) is 2. The third kappa shape index (κ3) is 3.47. The lowest BCUT2D eigenvalue weighted by Gasteiger charge is -2.21. The van der Waals surface area contributed by atoms with Crippen molar-refractivity contribution in [3.05, 3.63) is 29.8 Å². The maximum atomic E-state index is 12.0. The normalized spacial score (nSPS) is 17.6. The first kappa shape index (κ1) is 13.9. The van der Waals surface area contributed by atoms with Crippen LogP contribution in [0.1, 0.15) is 31.4 Å². The number of methoxy groups -OCH3 is 1. The molecule has 0 radical (unpaired) electrons. The first-order valence-electron chi connectivity index (χ1n) is 6.77. The van der Waals surface area contributed by atoms with E-state index in [-0.39, 0.29) is 18.0 Å². The Bertz CT molecular complexity index is 426. The highest BCUT2D eigenvalue weighted by Crippen LogP contribution is 2.41. The lowest BCUT2D eigenvalue weighted by atomic mass is 10.0. The summed E-state index contributed by atoms with van der Waals surface area (Å²) in [4.78, 5) is 12.0. The molecule has 2 unspecified atom stereocenters. The molecule has 0 aromatic heterocycles. The van der Waals surface area contributed by atoms with E-state index in [0.29, 0.717) is 5.92 Å². The molecule has 19 heavy (non-hydrogen) atoms. The van der Waals surface area contributed by atoms with Crippen molar-refractivity contribution in [1.82, 2.24) is 10.6 Å². The standard InChI is InChI=1S/C15H22N2O2/c1-10(16-2)15(18)17-14(11-4-5-11)12-6-8-13(19-3)9-7-12/h6-11,14,16H,4-5H2,1-3H3,(H,17,18). The van der Waals surface area contributed by atoms with Crippen LogP contribution in [-0.2, 0) is 4.79 Å². The second-order valence-electron chi connectivity index (χ2n) is 5.11. The fraction of sp³-hybridized carbons (Fsp3) is 0.533. The van der Waals surface area contributed by atoms with Crippen molar-refractivity contribution in [3.8, 4) is 5.75 Å². The van der Waals surface area contributed by atoms with Gasteiger partial charge in [0.15, 0.2) is 0 Å². The zero-order chi connectivity index (χ0) is 13.8. The van der Waals surface area contributed by atoms with Gasteiger partial charge in [-0.3, -0.25) is 4.79 Å². The molecule has 1 aliphatic carbocycles. The topological polar surface area (TPSA) is 50.4 Å². The Morgan fingerprint density at radius 3 is 2.42 bits per heavy atom. The Balaban J connectivity index is 2.08. The van der Waals surface area contributed by atoms with Crippen LogP contribution in [0.15, 0.2) is 24.3 Å². The number of nitrogens with one attached hydrogen (secondary N) is 2. The van der Waals surface area contributed by atoms with Gasteiger partial charge in [0.2, 0.25) is 5.91 Å². The number of benzene rings is 1. The first-order chi connectivity index (χ1) is 9.15. The third-order valence-electron chi connectivity index (χ3n) is 3.69. The van der Waals surface area contributed by atoms with Crippen LogP contribution in [-0.4, -0.2) is 26.1 Å². The summed E-state index contributed by atoms with van der Waals surface area (Å²) in [6.45, 7) is 1.87. The molecule has 0 bridgehead atoms. The maximum Gasteiger partial charge on any atom is 0.237 e. The summed E-state index contributed by atoms with van der Waals surface area (Å²) in [6.07, 6.45) is 2.37. The van der Waals surface area contributed by atoms with E-state index >= 15 is 0 Å². The van der Waals surface area contributed by atoms with Gasteiger partial charge in [-0.1, -0.05) is 12.1 Å². The van der Waals surface area contributed by atoms with E-state index in [2.05, 4.69) is 10.6 Å². The molecule has 0 saturated heterocycles. The van der Waals surface area contributed by atoms with Crippen LogP contribution < -0.4 is 15.4 Å². The van der Waals surface area contributed by atoms with Crippen molar-refractivity contribution in [3.63, 3.8) is 0 Å². The fourth-order valence-electron chi connectivity index (χ4n) is 2.12. The number of rotatable bonds is 6. The molecule has 1 aromatic carbocycles. The van der Waals surface area contributed by atoms with Gasteiger partial charge in [-0.05, 0) is 50.4 Å². The number of carbonyl (C=O) groups is 1. The minimum absolute atomic E-state index is 0.0511. The minimum Gasteiger partial charge on any atom is -0.497 e. The van der Waals surface area contributed by atoms with Crippen LogP contribution >= 0.6 is 0 Å². The number of ether oxygens (including phenoxy) is 1. The van der Waals surface area contributed by atoms with Crippen LogP contribution in [0.2, 0.25) is 0 Å². The van der Waals surface area contributed by atoms with E-state index in [1.165, 1.54) is 12.8 Å². The van der Waals surface area contributed by atoms with E-state index in [1.54, 1.807) is 14.2 Å². The van der Waals surface area contributed by atoms with Crippen LogP contribution in [0, 0.1) is 5.92 Å². The smallest absolute Gasteiger partial charge is 0.237 e. The first-order valence-corrected chi connectivity index (χ1v) is 6.77. The molecule has 2 N–H and O–H groups in total. The molecular weight excluding hydrogens is 240 g/mol. The second-order valence-corrected chi connectivity index (χ2v) is 5.11. The summed E-state index contributed by atoms with van der Waals surface area (Å²) < 4.78 is 5.16. The molecule has 2 rings (SSSR count). The molecular formula is C15H22N2O2. The molecule has 1 fully saturated rings. The van der Waals surface area contributed by atoms with Gasteiger partial charge in [0.25, 0.3) is 0 Å². The average Bonchev–Trinajstić information content (AvgIpc) is 3.28. The molecule has 104 valence electrons. The molecule has 1 aromatic rings. The van der Waals surface area contributed by atoms with Gasteiger partial charge < -0.3 is 15.4 Å². The molecule has 1 amide bonds. The molecule has 0 aliphatic heterocycles. The van der Waals surface area contributed by atoms with Crippen molar-refractivity contribution >= 4 is 5.91 Å². The fourth-order valence-corrected chi connectivity index (χ4v) is 2.12. The maximum absolute atomic E-state index is 12.0. The van der Waals surface area contributed by atoms with Gasteiger partial charge in [-0.15, -0.1) is 0 Å². The Labute approximate surface area is 114 Å². The second kappa shape index (κ2) is 6.06. The lowest BCUT2D eigenvalue weighted by Crippen LogP contribution is -2.42. The Morgan fingerprint density at radius 1 is 1.32 bits per heavy atom. The SMILES string of the molecule is CNC(C)C(=O)NC(c1ccc(OC)cc1)C1CC1. The van der Waals surface area contributed by atoms with Gasteiger partial charge in [-0.2, -0.15) is 0 Å². The highest BCUT2D eigenvalue weighted by atomic mass is 16.5. The summed E-state index contributed by atoms with van der Waals surface area (Å²) >= 11 is 0. The van der Waals surface area contributed by atoms with E-state index in [4.69, 9.17) is 4.74 Å². The van der Waals surface area contributed by atoms with Gasteiger partial charge in [0, 0.05) is 0 Å². The number of amides is 1. The summed E-state index contributed by atoms with van der Waals surface area (Å²) in [5, 5.41) is 6.11. The van der Waals surface area contributed by atoms with Gasteiger partial charge in [-0.25, -0.2) is 0 Å². The average molecular weight is 262 g/mol. The van der Waals surface area contributed by atoms with Crippen molar-refractivity contribution in [2.75, 3.05) is 14.2 Å². The van der Waals surface area contributed by atoms with Crippen molar-refractivity contribution in [2.24, 2.45) is 5.92 Å². The quantitative estimate of drug-likeness (QED) is 0.823. The summed E-state index contributed by atoms with van der Waals surface area (Å²) in [5.41, 5.74) is 1.15. The number of hydrogen-bond acceptors (Lipinski definition) is 3.